The Morgan fingerprint density at radius 3 is 2.17 bits per heavy atom. The molecule has 11 heteroatoms. The Hall–Kier alpha value is -3.34. The number of carbonyl (C=O) groups excluding carboxylic acids is 2. The van der Waals surface area contributed by atoms with Gasteiger partial charge < -0.3 is 35.6 Å². The Kier molecular flexibility index (Phi) is 10.1. The molecule has 0 aliphatic carbocycles. The fourth-order valence-corrected chi connectivity index (χ4v) is 2.83. The van der Waals surface area contributed by atoms with E-state index in [1.807, 2.05) is 0 Å². The first kappa shape index (κ1) is 24.7. The first-order chi connectivity index (χ1) is 14.2. The van der Waals surface area contributed by atoms with Crippen molar-refractivity contribution in [3.8, 4) is 11.5 Å². The Labute approximate surface area is 173 Å². The van der Waals surface area contributed by atoms with E-state index in [2.05, 4.69) is 10.2 Å². The topological polar surface area (TPSA) is 168 Å². The second kappa shape index (κ2) is 12.3. The van der Waals surface area contributed by atoms with Gasteiger partial charge in [-0.05, 0) is 38.1 Å². The van der Waals surface area contributed by atoms with E-state index < -0.39 is 11.9 Å². The molecule has 0 spiro atoms. The van der Waals surface area contributed by atoms with E-state index in [9.17, 15) is 9.59 Å². The fraction of sp³-hybridized carbons (Fsp3) is 0.474. The summed E-state index contributed by atoms with van der Waals surface area (Å²) < 4.78 is 10.4. The Balaban J connectivity index is 0.000000656. The van der Waals surface area contributed by atoms with Gasteiger partial charge in [-0.2, -0.15) is 0 Å². The van der Waals surface area contributed by atoms with E-state index in [1.54, 1.807) is 32.4 Å². The van der Waals surface area contributed by atoms with E-state index in [0.29, 0.717) is 30.2 Å². The zero-order chi connectivity index (χ0) is 22.7. The number of anilines is 1. The van der Waals surface area contributed by atoms with Gasteiger partial charge in [-0.3, -0.25) is 9.59 Å². The highest BCUT2D eigenvalue weighted by molar-refractivity contribution is 6.27. The molecule has 30 heavy (non-hydrogen) atoms. The summed E-state index contributed by atoms with van der Waals surface area (Å²) in [4.78, 5) is 43.7. The van der Waals surface area contributed by atoms with Gasteiger partial charge >= 0.3 is 11.9 Å². The van der Waals surface area contributed by atoms with E-state index in [1.165, 1.54) is 0 Å². The lowest BCUT2D eigenvalue weighted by Gasteiger charge is -2.30. The molecule has 1 aliphatic rings. The first-order valence-electron chi connectivity index (χ1n) is 9.17. The molecule has 0 bridgehead atoms. The van der Waals surface area contributed by atoms with Crippen LogP contribution in [0.2, 0.25) is 0 Å². The van der Waals surface area contributed by atoms with E-state index >= 15 is 0 Å². The molecule has 11 nitrogen and oxygen atoms in total. The Bertz CT molecular complexity index is 748. The van der Waals surface area contributed by atoms with Crippen LogP contribution < -0.4 is 20.5 Å². The van der Waals surface area contributed by atoms with Gasteiger partial charge in [0.1, 0.15) is 11.5 Å². The number of methoxy groups -OCH3 is 2. The number of likely N-dealkylation sites (tertiary alicyclic amines) is 1. The molecular formula is C19H27N3O8. The molecule has 1 saturated heterocycles. The molecule has 0 radical (unpaired) electrons. The molecular weight excluding hydrogens is 398 g/mol. The summed E-state index contributed by atoms with van der Waals surface area (Å²) in [6.45, 7) is 2.25. The third-order valence-corrected chi connectivity index (χ3v) is 4.51. The number of nitrogens with two attached hydrogens (primary N) is 1. The van der Waals surface area contributed by atoms with Gasteiger partial charge in [0.15, 0.2) is 0 Å². The van der Waals surface area contributed by atoms with Gasteiger partial charge in [0.2, 0.25) is 11.8 Å². The summed E-state index contributed by atoms with van der Waals surface area (Å²) in [5, 5.41) is 17.6. The average molecular weight is 425 g/mol. The standard InChI is InChI=1S/C17H25N3O4.C2H2O4/c1-23-13-3-4-15(24-2)14(11-13)19-16(21)7-10-20-8-5-12(6-9-20)17(18)22;3-1(4)2(5)6/h3-4,11-12H,5-10H2,1-2H3,(H2,18,22)(H,19,21);(H,3,4)(H,5,6). The number of nitrogens with zero attached hydrogens (tertiary/aromatic N) is 1. The van der Waals surface area contributed by atoms with Crippen molar-refractivity contribution in [3.05, 3.63) is 18.2 Å². The zero-order valence-corrected chi connectivity index (χ0v) is 16.9. The minimum Gasteiger partial charge on any atom is -0.497 e. The third kappa shape index (κ3) is 8.35. The molecule has 5 N–H and O–H groups in total. The van der Waals surface area contributed by atoms with Crippen molar-refractivity contribution in [2.75, 3.05) is 39.2 Å². The van der Waals surface area contributed by atoms with Crippen molar-refractivity contribution < 1.29 is 38.9 Å². The summed E-state index contributed by atoms with van der Waals surface area (Å²) in [6.07, 6.45) is 1.91. The molecule has 166 valence electrons. The molecule has 1 aromatic rings. The van der Waals surface area contributed by atoms with Crippen LogP contribution in [0.3, 0.4) is 0 Å². The quantitative estimate of drug-likeness (QED) is 0.451. The van der Waals surface area contributed by atoms with Crippen LogP contribution in [0.5, 0.6) is 11.5 Å². The SMILES string of the molecule is COc1ccc(OC)c(NC(=O)CCN2CCC(C(N)=O)CC2)c1.O=C(O)C(=O)O. The highest BCUT2D eigenvalue weighted by atomic mass is 16.5. The molecule has 1 fully saturated rings. The predicted molar refractivity (Wildman–Crippen MR) is 106 cm³/mol. The number of rotatable bonds is 7. The fourth-order valence-electron chi connectivity index (χ4n) is 2.83. The average Bonchev–Trinajstić information content (AvgIpc) is 2.72. The normalized spacial score (nSPS) is 14.1. The van der Waals surface area contributed by atoms with Crippen molar-refractivity contribution >= 4 is 29.4 Å². The number of carboxylic acids is 2. The molecule has 0 aromatic heterocycles. The first-order valence-corrected chi connectivity index (χ1v) is 9.17. The highest BCUT2D eigenvalue weighted by Crippen LogP contribution is 2.29. The number of carbonyl (C=O) groups is 4. The molecule has 2 rings (SSSR count). The minimum atomic E-state index is -1.82. The van der Waals surface area contributed by atoms with Crippen molar-refractivity contribution in [1.29, 1.82) is 0 Å². The maximum atomic E-state index is 12.2. The number of carboxylic acid groups (broad SMARTS) is 2. The van der Waals surface area contributed by atoms with Crippen LogP contribution in [0.25, 0.3) is 0 Å². The molecule has 0 unspecified atom stereocenters. The van der Waals surface area contributed by atoms with Crippen LogP contribution in [0.4, 0.5) is 5.69 Å². The van der Waals surface area contributed by atoms with Crippen LogP contribution in [0.15, 0.2) is 18.2 Å². The largest absolute Gasteiger partial charge is 0.497 e. The summed E-state index contributed by atoms with van der Waals surface area (Å²) >= 11 is 0. The molecule has 0 saturated carbocycles. The Morgan fingerprint density at radius 1 is 1.10 bits per heavy atom. The number of primary amides is 1. The lowest BCUT2D eigenvalue weighted by Crippen LogP contribution is -2.39. The van der Waals surface area contributed by atoms with Crippen LogP contribution in [0, 0.1) is 5.92 Å². The van der Waals surface area contributed by atoms with Crippen molar-refractivity contribution in [2.24, 2.45) is 11.7 Å². The van der Waals surface area contributed by atoms with E-state index in [4.69, 9.17) is 35.0 Å². The maximum Gasteiger partial charge on any atom is 0.414 e. The van der Waals surface area contributed by atoms with Gasteiger partial charge in [-0.15, -0.1) is 0 Å². The second-order valence-electron chi connectivity index (χ2n) is 6.49. The second-order valence-corrected chi connectivity index (χ2v) is 6.49. The molecule has 2 amide bonds. The van der Waals surface area contributed by atoms with Crippen LogP contribution in [-0.4, -0.2) is 72.7 Å². The Morgan fingerprint density at radius 2 is 1.70 bits per heavy atom. The van der Waals surface area contributed by atoms with Crippen LogP contribution in [-0.2, 0) is 19.2 Å². The summed E-state index contributed by atoms with van der Waals surface area (Å²) in [7, 11) is 3.13. The number of aliphatic carboxylic acids is 2. The van der Waals surface area contributed by atoms with Gasteiger partial charge in [0.05, 0.1) is 19.9 Å². The van der Waals surface area contributed by atoms with Crippen LogP contribution in [0.1, 0.15) is 19.3 Å². The minimum absolute atomic E-state index is 0.0314. The van der Waals surface area contributed by atoms with Gasteiger partial charge in [-0.25, -0.2) is 9.59 Å². The monoisotopic (exact) mass is 425 g/mol. The lowest BCUT2D eigenvalue weighted by molar-refractivity contribution is -0.159. The molecule has 1 aliphatic heterocycles. The van der Waals surface area contributed by atoms with Crippen molar-refractivity contribution in [2.45, 2.75) is 19.3 Å². The lowest BCUT2D eigenvalue weighted by atomic mass is 9.96. The van der Waals surface area contributed by atoms with Crippen LogP contribution >= 0.6 is 0 Å². The number of hydrogen-bond donors (Lipinski definition) is 4. The number of amides is 2. The third-order valence-electron chi connectivity index (χ3n) is 4.51. The highest BCUT2D eigenvalue weighted by Gasteiger charge is 2.23. The summed E-state index contributed by atoms with van der Waals surface area (Å²) in [6, 6.07) is 5.26. The zero-order valence-electron chi connectivity index (χ0n) is 16.9. The van der Waals surface area contributed by atoms with Gasteiger partial charge in [-0.1, -0.05) is 0 Å². The number of ether oxygens (including phenoxy) is 2. The molecule has 1 heterocycles. The molecule has 0 atom stereocenters. The number of nitrogens with one attached hydrogen (secondary N) is 1. The molecule has 1 aromatic carbocycles. The predicted octanol–water partition coefficient (Wildman–Crippen LogP) is 0.385. The van der Waals surface area contributed by atoms with E-state index in [-0.39, 0.29) is 17.7 Å². The summed E-state index contributed by atoms with van der Waals surface area (Å²) in [5.74, 6) is -2.75. The van der Waals surface area contributed by atoms with Crippen molar-refractivity contribution in [3.63, 3.8) is 0 Å². The van der Waals surface area contributed by atoms with Gasteiger partial charge in [0.25, 0.3) is 0 Å². The van der Waals surface area contributed by atoms with E-state index in [0.717, 1.165) is 25.9 Å². The summed E-state index contributed by atoms with van der Waals surface area (Å²) in [5.41, 5.74) is 5.92. The number of hydrogen-bond acceptors (Lipinski definition) is 7. The smallest absolute Gasteiger partial charge is 0.414 e. The maximum absolute atomic E-state index is 12.2. The van der Waals surface area contributed by atoms with Crippen molar-refractivity contribution in [1.82, 2.24) is 4.90 Å². The van der Waals surface area contributed by atoms with Gasteiger partial charge in [0, 0.05) is 24.9 Å². The number of benzene rings is 1. The number of piperidine rings is 1.